The molecule has 1 aliphatic rings. The molecule has 3 heteroatoms. The molecule has 0 N–H and O–H groups in total. The Kier molecular flexibility index (Phi) is 5.40. The number of nitrogens with zero attached hydrogens (tertiary/aromatic N) is 1. The number of rotatable bonds is 5. The summed E-state index contributed by atoms with van der Waals surface area (Å²) in [7, 11) is 1.51. The van der Waals surface area contributed by atoms with Crippen molar-refractivity contribution in [2.24, 2.45) is 5.92 Å². The first-order valence-corrected chi connectivity index (χ1v) is 7.98. The van der Waals surface area contributed by atoms with E-state index >= 15 is 0 Å². The van der Waals surface area contributed by atoms with Crippen LogP contribution in [0, 0.1) is 5.92 Å². The maximum atomic E-state index is 12.7. The average molecular weight is 289 g/mol. The van der Waals surface area contributed by atoms with Crippen molar-refractivity contribution in [1.82, 2.24) is 4.90 Å². The number of carbonyl (C=O) groups excluding carboxylic acids is 1. The first kappa shape index (κ1) is 16.0. The van der Waals surface area contributed by atoms with Gasteiger partial charge in [-0.05, 0) is 37.4 Å². The van der Waals surface area contributed by atoms with Gasteiger partial charge in [0.1, 0.15) is 5.54 Å². The van der Waals surface area contributed by atoms with Crippen molar-refractivity contribution in [3.63, 3.8) is 0 Å². The highest BCUT2D eigenvalue weighted by Crippen LogP contribution is 2.33. The van der Waals surface area contributed by atoms with Crippen molar-refractivity contribution in [2.75, 3.05) is 20.2 Å². The summed E-state index contributed by atoms with van der Waals surface area (Å²) in [5.74, 6) is 0.117. The Morgan fingerprint density at radius 2 is 1.81 bits per heavy atom. The summed E-state index contributed by atoms with van der Waals surface area (Å²) >= 11 is 0. The Balaban J connectivity index is 2.37. The molecule has 0 aliphatic carbocycles. The molecule has 1 saturated heterocycles. The van der Waals surface area contributed by atoms with Gasteiger partial charge < -0.3 is 4.74 Å². The molecule has 1 aromatic rings. The van der Waals surface area contributed by atoms with E-state index in [0.29, 0.717) is 0 Å². The van der Waals surface area contributed by atoms with Crippen LogP contribution in [0.2, 0.25) is 0 Å². The minimum atomic E-state index is -0.545. The molecule has 0 radical (unpaired) electrons. The maximum Gasteiger partial charge on any atom is 0.326 e. The monoisotopic (exact) mass is 289 g/mol. The van der Waals surface area contributed by atoms with Crippen LogP contribution in [0.15, 0.2) is 30.3 Å². The fourth-order valence-corrected chi connectivity index (χ4v) is 3.49. The topological polar surface area (TPSA) is 29.5 Å². The van der Waals surface area contributed by atoms with Gasteiger partial charge in [0.25, 0.3) is 0 Å². The summed E-state index contributed by atoms with van der Waals surface area (Å²) in [6.07, 6.45) is 4.32. The van der Waals surface area contributed by atoms with E-state index in [2.05, 4.69) is 30.9 Å². The smallest absolute Gasteiger partial charge is 0.326 e. The third-order valence-corrected chi connectivity index (χ3v) is 4.73. The fraction of sp³-hybridized carbons (Fsp3) is 0.611. The molecule has 0 aromatic heterocycles. The van der Waals surface area contributed by atoms with E-state index in [1.54, 1.807) is 0 Å². The Morgan fingerprint density at radius 3 is 2.33 bits per heavy atom. The van der Waals surface area contributed by atoms with Gasteiger partial charge in [0.2, 0.25) is 0 Å². The number of benzene rings is 1. The highest BCUT2D eigenvalue weighted by atomic mass is 16.5. The quantitative estimate of drug-likeness (QED) is 0.779. The van der Waals surface area contributed by atoms with Gasteiger partial charge >= 0.3 is 5.97 Å². The molecule has 0 saturated carbocycles. The van der Waals surface area contributed by atoms with Crippen molar-refractivity contribution in [1.29, 1.82) is 0 Å². The second kappa shape index (κ2) is 7.08. The minimum absolute atomic E-state index is 0.0942. The van der Waals surface area contributed by atoms with Gasteiger partial charge in [-0.2, -0.15) is 0 Å². The molecular formula is C18H27NO2. The number of hydrogen-bond acceptors (Lipinski definition) is 3. The number of methoxy groups -OCH3 is 1. The molecule has 3 nitrogen and oxygen atoms in total. The summed E-state index contributed by atoms with van der Waals surface area (Å²) in [6, 6.07) is 10.3. The summed E-state index contributed by atoms with van der Waals surface area (Å²) in [5, 5.41) is 0. The number of carbonyl (C=O) groups is 1. The molecule has 1 heterocycles. The fourth-order valence-electron chi connectivity index (χ4n) is 3.49. The van der Waals surface area contributed by atoms with Gasteiger partial charge in [0.05, 0.1) is 7.11 Å². The number of likely N-dealkylation sites (tertiary alicyclic amines) is 1. The van der Waals surface area contributed by atoms with Gasteiger partial charge in [-0.1, -0.05) is 50.6 Å². The van der Waals surface area contributed by atoms with Crippen LogP contribution in [-0.4, -0.2) is 36.6 Å². The lowest BCUT2D eigenvalue weighted by molar-refractivity contribution is -0.160. The van der Waals surface area contributed by atoms with Gasteiger partial charge in [0, 0.05) is 6.42 Å². The zero-order chi connectivity index (χ0) is 15.3. The predicted molar refractivity (Wildman–Crippen MR) is 85.2 cm³/mol. The highest BCUT2D eigenvalue weighted by Gasteiger charge is 2.47. The molecule has 1 atom stereocenters. The first-order valence-electron chi connectivity index (χ1n) is 7.98. The lowest BCUT2D eigenvalue weighted by atomic mass is 9.78. The molecule has 2 rings (SSSR count). The normalized spacial score (nSPS) is 19.2. The van der Waals surface area contributed by atoms with Crippen molar-refractivity contribution in [3.05, 3.63) is 35.9 Å². The van der Waals surface area contributed by atoms with Gasteiger partial charge in [0.15, 0.2) is 0 Å². The van der Waals surface area contributed by atoms with E-state index in [4.69, 9.17) is 4.74 Å². The van der Waals surface area contributed by atoms with Crippen LogP contribution >= 0.6 is 0 Å². The van der Waals surface area contributed by atoms with Crippen molar-refractivity contribution < 1.29 is 9.53 Å². The van der Waals surface area contributed by atoms with E-state index in [9.17, 15) is 4.79 Å². The second-order valence-corrected chi connectivity index (χ2v) is 6.28. The molecule has 0 spiro atoms. The Hall–Kier alpha value is -1.35. The number of esters is 1. The molecule has 21 heavy (non-hydrogen) atoms. The Bertz CT molecular complexity index is 452. The van der Waals surface area contributed by atoms with Crippen LogP contribution in [-0.2, 0) is 16.0 Å². The highest BCUT2D eigenvalue weighted by molar-refractivity contribution is 5.81. The predicted octanol–water partition coefficient (Wildman–Crippen LogP) is 3.28. The number of hydrogen-bond donors (Lipinski definition) is 0. The molecular weight excluding hydrogens is 262 g/mol. The largest absolute Gasteiger partial charge is 0.468 e. The van der Waals surface area contributed by atoms with Crippen molar-refractivity contribution >= 4 is 5.97 Å². The summed E-state index contributed by atoms with van der Waals surface area (Å²) < 4.78 is 5.22. The van der Waals surface area contributed by atoms with Gasteiger partial charge in [-0.15, -0.1) is 0 Å². The molecule has 1 fully saturated rings. The van der Waals surface area contributed by atoms with Crippen LogP contribution in [0.3, 0.4) is 0 Å². The van der Waals surface area contributed by atoms with E-state index in [1.807, 2.05) is 18.2 Å². The minimum Gasteiger partial charge on any atom is -0.468 e. The molecule has 0 amide bonds. The van der Waals surface area contributed by atoms with Crippen molar-refractivity contribution in [3.8, 4) is 0 Å². The summed E-state index contributed by atoms with van der Waals surface area (Å²) in [4.78, 5) is 15.1. The summed E-state index contributed by atoms with van der Waals surface area (Å²) in [6.45, 7) is 6.24. The van der Waals surface area contributed by atoms with Crippen LogP contribution in [0.5, 0.6) is 0 Å². The zero-order valence-electron chi connectivity index (χ0n) is 13.5. The zero-order valence-corrected chi connectivity index (χ0v) is 13.5. The first-order chi connectivity index (χ1) is 10.1. The SMILES string of the molecule is COC(=O)C(Cc1ccccc1)(C(C)C)N1CCCCC1. The molecule has 1 aromatic carbocycles. The number of piperidine rings is 1. The third-order valence-electron chi connectivity index (χ3n) is 4.73. The standard InChI is InChI=1S/C18H27NO2/c1-15(2)18(17(20)21-3,19-12-8-5-9-13-19)14-16-10-6-4-7-11-16/h4,6-7,10-11,15H,5,8-9,12-14H2,1-3H3. The average Bonchev–Trinajstić information content (AvgIpc) is 2.53. The van der Waals surface area contributed by atoms with Gasteiger partial charge in [-0.25, -0.2) is 0 Å². The van der Waals surface area contributed by atoms with Crippen molar-refractivity contribution in [2.45, 2.75) is 45.1 Å². The Morgan fingerprint density at radius 1 is 1.19 bits per heavy atom. The third kappa shape index (κ3) is 3.29. The number of ether oxygens (including phenoxy) is 1. The van der Waals surface area contributed by atoms with E-state index < -0.39 is 5.54 Å². The van der Waals surface area contributed by atoms with Crippen LogP contribution in [0.25, 0.3) is 0 Å². The van der Waals surface area contributed by atoms with Crippen LogP contribution in [0.4, 0.5) is 0 Å². The van der Waals surface area contributed by atoms with Gasteiger partial charge in [-0.3, -0.25) is 9.69 Å². The second-order valence-electron chi connectivity index (χ2n) is 6.28. The molecule has 1 aliphatic heterocycles. The van der Waals surface area contributed by atoms with E-state index in [0.717, 1.165) is 19.5 Å². The maximum absolute atomic E-state index is 12.7. The molecule has 116 valence electrons. The lowest BCUT2D eigenvalue weighted by Crippen LogP contribution is -2.61. The molecule has 0 bridgehead atoms. The molecule has 1 unspecified atom stereocenters. The van der Waals surface area contributed by atoms with E-state index in [-0.39, 0.29) is 11.9 Å². The Labute approximate surface area is 128 Å². The summed E-state index contributed by atoms with van der Waals surface area (Å²) in [5.41, 5.74) is 0.651. The lowest BCUT2D eigenvalue weighted by Gasteiger charge is -2.46. The van der Waals surface area contributed by atoms with Crippen LogP contribution in [0.1, 0.15) is 38.7 Å². The van der Waals surface area contributed by atoms with Crippen LogP contribution < -0.4 is 0 Å². The van der Waals surface area contributed by atoms with E-state index in [1.165, 1.54) is 31.9 Å².